The van der Waals surface area contributed by atoms with Crippen LogP contribution in [0.25, 0.3) is 16.0 Å². The van der Waals surface area contributed by atoms with Crippen molar-refractivity contribution in [2.45, 2.75) is 6.92 Å². The summed E-state index contributed by atoms with van der Waals surface area (Å²) in [5, 5.41) is 2.01. The zero-order chi connectivity index (χ0) is 13.2. The summed E-state index contributed by atoms with van der Waals surface area (Å²) in [6.45, 7) is 2.20. The quantitative estimate of drug-likeness (QED) is 0.677. The third-order valence-electron chi connectivity index (χ3n) is 2.95. The second-order valence-electron chi connectivity index (χ2n) is 4.11. The number of ether oxygens (including phenoxy) is 1. The van der Waals surface area contributed by atoms with Gasteiger partial charge in [-0.05, 0) is 30.5 Å². The predicted octanol–water partition coefficient (Wildman–Crippen LogP) is 3.84. The van der Waals surface area contributed by atoms with Crippen LogP contribution in [0.15, 0.2) is 48.1 Å². The van der Waals surface area contributed by atoms with Crippen LogP contribution >= 0.6 is 11.3 Å². The molecule has 4 heteroatoms. The number of thiophene rings is 1. The first-order valence-electron chi connectivity index (χ1n) is 6.12. The van der Waals surface area contributed by atoms with Gasteiger partial charge in [0, 0.05) is 22.8 Å². The molecule has 0 amide bonds. The molecular weight excluding hydrogens is 258 g/mol. The fraction of sp³-hybridized carbons (Fsp3) is 0.133. The number of esters is 1. The first-order chi connectivity index (χ1) is 9.31. The Labute approximate surface area is 115 Å². The van der Waals surface area contributed by atoms with E-state index in [4.69, 9.17) is 4.74 Å². The minimum Gasteiger partial charge on any atom is -0.462 e. The number of aromatic nitrogens is 1. The Hall–Kier alpha value is -2.07. The van der Waals surface area contributed by atoms with Crippen molar-refractivity contribution in [3.8, 4) is 10.4 Å². The van der Waals surface area contributed by atoms with Crippen molar-refractivity contribution in [1.82, 2.24) is 4.40 Å². The molecule has 0 radical (unpaired) electrons. The van der Waals surface area contributed by atoms with Crippen LogP contribution < -0.4 is 0 Å². The second kappa shape index (κ2) is 4.90. The zero-order valence-corrected chi connectivity index (χ0v) is 11.3. The maximum Gasteiger partial charge on any atom is 0.340 e. The molecule has 0 saturated heterocycles. The van der Waals surface area contributed by atoms with E-state index in [9.17, 15) is 4.79 Å². The van der Waals surface area contributed by atoms with Gasteiger partial charge in [0.2, 0.25) is 0 Å². The molecule has 3 aromatic rings. The van der Waals surface area contributed by atoms with E-state index in [1.807, 2.05) is 59.4 Å². The molecule has 0 aliphatic rings. The van der Waals surface area contributed by atoms with Crippen LogP contribution in [0.1, 0.15) is 17.3 Å². The zero-order valence-electron chi connectivity index (χ0n) is 10.5. The fourth-order valence-corrected chi connectivity index (χ4v) is 2.90. The molecule has 0 aliphatic heterocycles. The van der Waals surface area contributed by atoms with Gasteiger partial charge in [-0.15, -0.1) is 11.3 Å². The summed E-state index contributed by atoms with van der Waals surface area (Å²) < 4.78 is 7.15. The third kappa shape index (κ3) is 2.04. The van der Waals surface area contributed by atoms with Gasteiger partial charge in [-0.25, -0.2) is 4.79 Å². The molecule has 3 rings (SSSR count). The molecule has 3 aromatic heterocycles. The van der Waals surface area contributed by atoms with Crippen LogP contribution in [0.5, 0.6) is 0 Å². The molecule has 96 valence electrons. The van der Waals surface area contributed by atoms with Gasteiger partial charge in [-0.2, -0.15) is 0 Å². The smallest absolute Gasteiger partial charge is 0.340 e. The molecule has 3 heterocycles. The molecule has 0 N–H and O–H groups in total. The first-order valence-corrected chi connectivity index (χ1v) is 7.00. The third-order valence-corrected chi connectivity index (χ3v) is 3.85. The van der Waals surface area contributed by atoms with Gasteiger partial charge >= 0.3 is 5.97 Å². The molecule has 0 unspecified atom stereocenters. The van der Waals surface area contributed by atoms with Crippen molar-refractivity contribution in [2.24, 2.45) is 0 Å². The number of hydrogen-bond acceptors (Lipinski definition) is 3. The molecule has 0 aromatic carbocycles. The SMILES string of the molecule is CCOC(=O)c1c(-c2cccs2)cn2ccccc12. The molecule has 0 saturated carbocycles. The highest BCUT2D eigenvalue weighted by Crippen LogP contribution is 2.32. The molecule has 0 atom stereocenters. The topological polar surface area (TPSA) is 30.7 Å². The number of fused-ring (bicyclic) bond motifs is 1. The normalized spacial score (nSPS) is 10.8. The van der Waals surface area contributed by atoms with E-state index >= 15 is 0 Å². The van der Waals surface area contributed by atoms with Gasteiger partial charge in [-0.1, -0.05) is 12.1 Å². The molecule has 0 fully saturated rings. The highest BCUT2D eigenvalue weighted by Gasteiger charge is 2.20. The molecule has 19 heavy (non-hydrogen) atoms. The van der Waals surface area contributed by atoms with Gasteiger partial charge < -0.3 is 9.14 Å². The maximum atomic E-state index is 12.2. The molecule has 0 bridgehead atoms. The molecule has 3 nitrogen and oxygen atoms in total. The van der Waals surface area contributed by atoms with Crippen molar-refractivity contribution in [3.63, 3.8) is 0 Å². The summed E-state index contributed by atoms with van der Waals surface area (Å²) >= 11 is 1.62. The highest BCUT2D eigenvalue weighted by molar-refractivity contribution is 7.13. The fourth-order valence-electron chi connectivity index (χ4n) is 2.16. The van der Waals surface area contributed by atoms with E-state index < -0.39 is 0 Å². The standard InChI is InChI=1S/C15H13NO2S/c1-2-18-15(17)14-11(13-7-5-9-19-13)10-16-8-4-3-6-12(14)16/h3-10H,2H2,1H3. The summed E-state index contributed by atoms with van der Waals surface area (Å²) in [5.74, 6) is -0.264. The lowest BCUT2D eigenvalue weighted by Gasteiger charge is -2.03. The summed E-state index contributed by atoms with van der Waals surface area (Å²) in [5.41, 5.74) is 2.45. The van der Waals surface area contributed by atoms with Gasteiger partial charge in [0.25, 0.3) is 0 Å². The number of carbonyl (C=O) groups is 1. The lowest BCUT2D eigenvalue weighted by atomic mass is 10.1. The van der Waals surface area contributed by atoms with E-state index in [-0.39, 0.29) is 5.97 Å². The Morgan fingerprint density at radius 1 is 1.32 bits per heavy atom. The van der Waals surface area contributed by atoms with Gasteiger partial charge in [0.1, 0.15) is 0 Å². The maximum absolute atomic E-state index is 12.2. The van der Waals surface area contributed by atoms with E-state index in [1.54, 1.807) is 11.3 Å². The van der Waals surface area contributed by atoms with Crippen molar-refractivity contribution in [3.05, 3.63) is 53.7 Å². The second-order valence-corrected chi connectivity index (χ2v) is 5.06. The largest absolute Gasteiger partial charge is 0.462 e. The lowest BCUT2D eigenvalue weighted by Crippen LogP contribution is -2.05. The van der Waals surface area contributed by atoms with Crippen LogP contribution in [0.3, 0.4) is 0 Å². The number of carbonyl (C=O) groups excluding carboxylic acids is 1. The van der Waals surface area contributed by atoms with E-state index in [0.29, 0.717) is 12.2 Å². The Balaban J connectivity index is 2.25. The average molecular weight is 271 g/mol. The van der Waals surface area contributed by atoms with Crippen LogP contribution in [0.2, 0.25) is 0 Å². The summed E-state index contributed by atoms with van der Waals surface area (Å²) in [7, 11) is 0. The Morgan fingerprint density at radius 3 is 2.95 bits per heavy atom. The van der Waals surface area contributed by atoms with Crippen LogP contribution in [-0.4, -0.2) is 17.0 Å². The summed E-state index contributed by atoms with van der Waals surface area (Å²) in [4.78, 5) is 13.3. The average Bonchev–Trinajstić information content (AvgIpc) is 3.06. The molecule has 0 aliphatic carbocycles. The van der Waals surface area contributed by atoms with Gasteiger partial charge in [-0.3, -0.25) is 0 Å². The lowest BCUT2D eigenvalue weighted by molar-refractivity contribution is 0.0529. The minimum absolute atomic E-state index is 0.264. The number of pyridine rings is 1. The van der Waals surface area contributed by atoms with Crippen LogP contribution in [0, 0.1) is 0 Å². The van der Waals surface area contributed by atoms with Crippen molar-refractivity contribution in [1.29, 1.82) is 0 Å². The van der Waals surface area contributed by atoms with E-state index in [2.05, 4.69) is 0 Å². The van der Waals surface area contributed by atoms with Crippen molar-refractivity contribution in [2.75, 3.05) is 6.61 Å². The van der Waals surface area contributed by atoms with E-state index in [1.165, 1.54) is 0 Å². The molecule has 0 spiro atoms. The monoisotopic (exact) mass is 271 g/mol. The Kier molecular flexibility index (Phi) is 3.09. The molecular formula is C15H13NO2S. The minimum atomic E-state index is -0.264. The van der Waals surface area contributed by atoms with Crippen LogP contribution in [0.4, 0.5) is 0 Å². The van der Waals surface area contributed by atoms with Gasteiger partial charge in [0.05, 0.1) is 17.7 Å². The van der Waals surface area contributed by atoms with Crippen LogP contribution in [-0.2, 0) is 4.74 Å². The summed E-state index contributed by atoms with van der Waals surface area (Å²) in [6, 6.07) is 9.80. The van der Waals surface area contributed by atoms with Crippen molar-refractivity contribution >= 4 is 22.8 Å². The highest BCUT2D eigenvalue weighted by atomic mass is 32.1. The van der Waals surface area contributed by atoms with Gasteiger partial charge in [0.15, 0.2) is 0 Å². The Bertz CT molecular complexity index is 713. The predicted molar refractivity (Wildman–Crippen MR) is 76.7 cm³/mol. The Morgan fingerprint density at radius 2 is 2.21 bits per heavy atom. The van der Waals surface area contributed by atoms with E-state index in [0.717, 1.165) is 16.0 Å². The number of hydrogen-bond donors (Lipinski definition) is 0. The number of rotatable bonds is 3. The van der Waals surface area contributed by atoms with Crippen molar-refractivity contribution < 1.29 is 9.53 Å². The summed E-state index contributed by atoms with van der Waals surface area (Å²) in [6.07, 6.45) is 3.92. The number of nitrogens with zero attached hydrogens (tertiary/aromatic N) is 1. The first kappa shape index (κ1) is 12.0.